The second-order valence-corrected chi connectivity index (χ2v) is 3.64. The third-order valence-corrected chi connectivity index (χ3v) is 1.86. The van der Waals surface area contributed by atoms with Gasteiger partial charge in [-0.3, -0.25) is 10.1 Å². The monoisotopic (exact) mass is 233 g/mol. The topological polar surface area (TPSA) is 58.4 Å². The molecule has 5 nitrogen and oxygen atoms in total. The molecule has 0 amide bonds. The van der Waals surface area contributed by atoms with Crippen LogP contribution in [0, 0.1) is 10.1 Å². The lowest BCUT2D eigenvalue weighted by Crippen LogP contribution is -2.04. The first-order valence-electron chi connectivity index (χ1n) is 5.10. The van der Waals surface area contributed by atoms with E-state index in [-0.39, 0.29) is 0 Å². The Bertz CT molecular complexity index is 425. The number of rotatable bonds is 5. The molecule has 1 aromatic carbocycles. The summed E-state index contributed by atoms with van der Waals surface area (Å²) in [7, 11) is 3.70. The molecule has 1 rings (SSSR count). The zero-order valence-corrected chi connectivity index (χ0v) is 9.83. The van der Waals surface area contributed by atoms with E-state index < -0.39 is 4.92 Å². The summed E-state index contributed by atoms with van der Waals surface area (Å²) in [5, 5.41) is 13.5. The molecule has 1 N–H and O–H groups in total. The maximum Gasteiger partial charge on any atom is 0.257 e. The van der Waals surface area contributed by atoms with Crippen LogP contribution >= 0.6 is 0 Å². The molecule has 0 unspecified atom stereocenters. The van der Waals surface area contributed by atoms with Gasteiger partial charge in [-0.1, -0.05) is 18.2 Å². The summed E-state index contributed by atoms with van der Waals surface area (Å²) in [6.45, 7) is 0. The molecule has 5 heteroatoms. The van der Waals surface area contributed by atoms with Gasteiger partial charge < -0.3 is 10.2 Å². The highest BCUT2D eigenvalue weighted by Crippen LogP contribution is 2.09. The van der Waals surface area contributed by atoms with Gasteiger partial charge in [0, 0.05) is 26.0 Å². The number of hydrogen-bond acceptors (Lipinski definition) is 4. The minimum Gasteiger partial charge on any atom is -0.383 e. The highest BCUT2D eigenvalue weighted by Gasteiger charge is 1.99. The Morgan fingerprint density at radius 3 is 2.53 bits per heavy atom. The molecule has 0 saturated carbocycles. The molecule has 0 aliphatic heterocycles. The lowest BCUT2D eigenvalue weighted by molar-refractivity contribution is -0.403. The Balaban J connectivity index is 2.82. The molecular formula is C12H15N3O2. The van der Waals surface area contributed by atoms with Crippen molar-refractivity contribution in [3.63, 3.8) is 0 Å². The zero-order valence-electron chi connectivity index (χ0n) is 9.83. The molecule has 0 aliphatic carbocycles. The fraction of sp³-hybridized carbons (Fsp3) is 0.167. The number of nitrogens with one attached hydrogen (secondary N) is 1. The fourth-order valence-electron chi connectivity index (χ4n) is 1.15. The van der Waals surface area contributed by atoms with Gasteiger partial charge in [0.2, 0.25) is 0 Å². The van der Waals surface area contributed by atoms with E-state index in [0.717, 1.165) is 11.9 Å². The van der Waals surface area contributed by atoms with Gasteiger partial charge in [0.1, 0.15) is 5.70 Å². The van der Waals surface area contributed by atoms with Crippen LogP contribution in [0.1, 0.15) is 0 Å². The van der Waals surface area contributed by atoms with Crippen molar-refractivity contribution in [2.24, 2.45) is 0 Å². The van der Waals surface area contributed by atoms with Crippen LogP contribution < -0.4 is 5.32 Å². The number of nitro groups is 1. The van der Waals surface area contributed by atoms with Gasteiger partial charge in [-0.05, 0) is 18.2 Å². The Hall–Kier alpha value is -2.30. The first-order chi connectivity index (χ1) is 8.08. The third-order valence-electron chi connectivity index (χ3n) is 1.86. The predicted octanol–water partition coefficient (Wildman–Crippen LogP) is 2.29. The van der Waals surface area contributed by atoms with Crippen molar-refractivity contribution in [1.29, 1.82) is 0 Å². The maximum atomic E-state index is 10.5. The minimum atomic E-state index is -0.481. The molecule has 0 radical (unpaired) electrons. The minimum absolute atomic E-state index is 0.426. The molecule has 0 fully saturated rings. The van der Waals surface area contributed by atoms with Gasteiger partial charge in [-0.25, -0.2) is 0 Å². The predicted molar refractivity (Wildman–Crippen MR) is 68.0 cm³/mol. The fourth-order valence-corrected chi connectivity index (χ4v) is 1.15. The normalized spacial score (nSPS) is 11.5. The summed E-state index contributed by atoms with van der Waals surface area (Å²) in [5.41, 5.74) is 1.24. The molecule has 0 spiro atoms. The van der Waals surface area contributed by atoms with Crippen molar-refractivity contribution in [3.8, 4) is 0 Å². The van der Waals surface area contributed by atoms with Crippen LogP contribution in [0.3, 0.4) is 0 Å². The van der Waals surface area contributed by atoms with Crippen LogP contribution in [0.2, 0.25) is 0 Å². The van der Waals surface area contributed by atoms with Crippen LogP contribution in [0.5, 0.6) is 0 Å². The summed E-state index contributed by atoms with van der Waals surface area (Å²) in [6.07, 6.45) is 4.33. The average Bonchev–Trinajstić information content (AvgIpc) is 2.26. The first-order valence-corrected chi connectivity index (χ1v) is 5.10. The smallest absolute Gasteiger partial charge is 0.257 e. The SMILES string of the molecule is CN(C)/C=C/C(=C/[N+](=O)[O-])Nc1ccccc1. The van der Waals surface area contributed by atoms with E-state index in [2.05, 4.69) is 5.32 Å². The van der Waals surface area contributed by atoms with E-state index >= 15 is 0 Å². The summed E-state index contributed by atoms with van der Waals surface area (Å²) >= 11 is 0. The quantitative estimate of drug-likeness (QED) is 0.481. The number of benzene rings is 1. The van der Waals surface area contributed by atoms with Crippen LogP contribution in [0.15, 0.2) is 54.5 Å². The number of nitrogens with zero attached hydrogens (tertiary/aromatic N) is 2. The average molecular weight is 233 g/mol. The van der Waals surface area contributed by atoms with E-state index in [9.17, 15) is 10.1 Å². The summed E-state index contributed by atoms with van der Waals surface area (Å²) < 4.78 is 0. The van der Waals surface area contributed by atoms with Gasteiger partial charge in [0.05, 0.1) is 4.92 Å². The highest BCUT2D eigenvalue weighted by molar-refractivity contribution is 5.49. The van der Waals surface area contributed by atoms with Crippen LogP contribution in [-0.2, 0) is 0 Å². The number of anilines is 1. The Morgan fingerprint density at radius 2 is 2.00 bits per heavy atom. The van der Waals surface area contributed by atoms with Crippen LogP contribution in [0.25, 0.3) is 0 Å². The zero-order chi connectivity index (χ0) is 12.7. The second-order valence-electron chi connectivity index (χ2n) is 3.64. The molecular weight excluding hydrogens is 218 g/mol. The van der Waals surface area contributed by atoms with Crippen molar-refractivity contribution in [2.45, 2.75) is 0 Å². The van der Waals surface area contributed by atoms with Crippen LogP contribution in [-0.4, -0.2) is 23.9 Å². The number of para-hydroxylation sites is 1. The molecule has 1 aromatic rings. The summed E-state index contributed by atoms with van der Waals surface area (Å²) in [6, 6.07) is 9.30. The highest BCUT2D eigenvalue weighted by atomic mass is 16.6. The van der Waals surface area contributed by atoms with Crippen molar-refractivity contribution < 1.29 is 4.92 Å². The molecule has 0 aromatic heterocycles. The van der Waals surface area contributed by atoms with E-state index in [1.807, 2.05) is 44.4 Å². The second kappa shape index (κ2) is 6.32. The van der Waals surface area contributed by atoms with Crippen molar-refractivity contribution in [3.05, 3.63) is 64.6 Å². The van der Waals surface area contributed by atoms with Crippen molar-refractivity contribution in [2.75, 3.05) is 19.4 Å². The first kappa shape index (κ1) is 12.8. The van der Waals surface area contributed by atoms with Gasteiger partial charge >= 0.3 is 0 Å². The largest absolute Gasteiger partial charge is 0.383 e. The van der Waals surface area contributed by atoms with Gasteiger partial charge in [0.25, 0.3) is 6.20 Å². The Labute approximate surface area is 100 Å². The van der Waals surface area contributed by atoms with Crippen molar-refractivity contribution >= 4 is 5.69 Å². The van der Waals surface area contributed by atoms with E-state index in [1.165, 1.54) is 0 Å². The lowest BCUT2D eigenvalue weighted by atomic mass is 10.3. The molecule has 90 valence electrons. The Morgan fingerprint density at radius 1 is 1.35 bits per heavy atom. The van der Waals surface area contributed by atoms with Crippen LogP contribution in [0.4, 0.5) is 5.69 Å². The lowest BCUT2D eigenvalue weighted by Gasteiger charge is -2.07. The van der Waals surface area contributed by atoms with Gasteiger partial charge in [-0.15, -0.1) is 0 Å². The van der Waals surface area contributed by atoms with Gasteiger partial charge in [-0.2, -0.15) is 0 Å². The van der Waals surface area contributed by atoms with E-state index in [0.29, 0.717) is 5.70 Å². The summed E-state index contributed by atoms with van der Waals surface area (Å²) in [5.74, 6) is 0. The van der Waals surface area contributed by atoms with E-state index in [1.54, 1.807) is 17.2 Å². The standard InChI is InChI=1S/C12H15N3O2/c1-14(2)9-8-12(10-15(16)17)13-11-6-4-3-5-7-11/h3-10,13H,1-2H3/b9-8+,12-10-. The summed E-state index contributed by atoms with van der Waals surface area (Å²) in [4.78, 5) is 11.8. The third kappa shape index (κ3) is 5.36. The molecule has 0 bridgehead atoms. The molecule has 0 aliphatic rings. The van der Waals surface area contributed by atoms with E-state index in [4.69, 9.17) is 0 Å². The Kier molecular flexibility index (Phi) is 4.75. The number of allylic oxidation sites excluding steroid dienone is 1. The number of hydrogen-bond donors (Lipinski definition) is 1. The molecule has 17 heavy (non-hydrogen) atoms. The molecule has 0 heterocycles. The van der Waals surface area contributed by atoms with Crippen molar-refractivity contribution in [1.82, 2.24) is 4.90 Å². The maximum absolute atomic E-state index is 10.5. The van der Waals surface area contributed by atoms with Gasteiger partial charge in [0.15, 0.2) is 0 Å². The molecule has 0 atom stereocenters. The molecule has 0 saturated heterocycles.